The Morgan fingerprint density at radius 3 is 1.88 bits per heavy atom. The number of benzene rings is 3. The third-order valence-corrected chi connectivity index (χ3v) is 15.2. The summed E-state index contributed by atoms with van der Waals surface area (Å²) in [6, 6.07) is 30.3. The van der Waals surface area contributed by atoms with Crippen LogP contribution in [0, 0.1) is 39.6 Å². The SMILES string of the molecule is CC1=CC[C-]=C1.C[C-]1C2=C3Cc4ccccc4C3=C3C=CCCC3C2(C)C(C)(C)C(C)(C)C1(C)C.[Cl-].[Cl-].[Zr+2]=[C](c1ccccc1)c1ccccc1. The van der Waals surface area contributed by atoms with Crippen molar-refractivity contribution in [2.45, 2.75) is 88.0 Å². The summed E-state index contributed by atoms with van der Waals surface area (Å²) in [7, 11) is 0. The molecular weight excluding hydrogens is 739 g/mol. The van der Waals surface area contributed by atoms with E-state index in [1.54, 1.807) is 28.2 Å². The van der Waals surface area contributed by atoms with Gasteiger partial charge in [0.05, 0.1) is 0 Å². The maximum atomic E-state index is 3.05. The van der Waals surface area contributed by atoms with E-state index >= 15 is 0 Å². The van der Waals surface area contributed by atoms with Gasteiger partial charge in [0.25, 0.3) is 0 Å². The van der Waals surface area contributed by atoms with Gasteiger partial charge >= 0.3 is 99.2 Å². The van der Waals surface area contributed by atoms with Crippen LogP contribution in [0.25, 0.3) is 5.57 Å². The minimum atomic E-state index is 0. The average Bonchev–Trinajstić information content (AvgIpc) is 3.75. The summed E-state index contributed by atoms with van der Waals surface area (Å²) in [4.78, 5) is 0. The van der Waals surface area contributed by atoms with Crippen LogP contribution in [0.3, 0.4) is 0 Å². The first-order chi connectivity index (χ1) is 23.2. The van der Waals surface area contributed by atoms with E-state index in [-0.39, 0.29) is 46.5 Å². The normalized spacial score (nSPS) is 23.8. The Hall–Kier alpha value is -2.44. The first-order valence-electron chi connectivity index (χ1n) is 18.2. The molecule has 2 atom stereocenters. The standard InChI is InChI=1S/C29H37.C13H10.C6H7.2ClH.Zr/c1-18-25-22-17-19-13-9-10-14-20(19)24(22)21-15-11-12-16-23(21)29(25,8)28(6,7)27(4,5)26(18,2)3;1-3-7-12(8-4-1)11-13-9-5-2-6-10-13;1-6-4-2-3-5-6;;;/h9-11,13-15,23H,12,16-17H2,1-8H3;1-10H;4-5H,2H2,1H3;2*1H;/q-1;;-1;;;+2/p-2. The number of allylic oxidation sites excluding steroid dienone is 10. The molecule has 266 valence electrons. The number of hydrogen-bond donors (Lipinski definition) is 0. The molecule has 0 aliphatic heterocycles. The maximum absolute atomic E-state index is 3.05. The molecule has 8 rings (SSSR count). The van der Waals surface area contributed by atoms with Crippen LogP contribution in [0.1, 0.15) is 104 Å². The zero-order chi connectivity index (χ0) is 35.2. The van der Waals surface area contributed by atoms with Gasteiger partial charge < -0.3 is 24.8 Å². The molecule has 1 fully saturated rings. The fourth-order valence-electron chi connectivity index (χ4n) is 9.44. The molecule has 0 amide bonds. The molecule has 5 aliphatic carbocycles. The molecule has 51 heavy (non-hydrogen) atoms. The molecule has 3 aromatic carbocycles. The van der Waals surface area contributed by atoms with Crippen LogP contribution >= 0.6 is 0 Å². The summed E-state index contributed by atoms with van der Waals surface area (Å²) in [6.45, 7) is 22.4. The van der Waals surface area contributed by atoms with Crippen molar-refractivity contribution in [3.8, 4) is 0 Å². The van der Waals surface area contributed by atoms with Gasteiger partial charge in [-0.05, 0) is 40.6 Å². The molecule has 0 saturated heterocycles. The zero-order valence-electron chi connectivity index (χ0n) is 32.1. The van der Waals surface area contributed by atoms with Crippen LogP contribution < -0.4 is 24.8 Å². The zero-order valence-corrected chi connectivity index (χ0v) is 36.0. The van der Waals surface area contributed by atoms with Crippen molar-refractivity contribution in [2.24, 2.45) is 27.6 Å². The third-order valence-electron chi connectivity index (χ3n) is 13.8. The number of hydrogen-bond acceptors (Lipinski definition) is 0. The molecule has 0 nitrogen and oxygen atoms in total. The molecule has 5 aliphatic rings. The third kappa shape index (κ3) is 6.91. The fourth-order valence-corrected chi connectivity index (χ4v) is 10.3. The molecule has 0 spiro atoms. The van der Waals surface area contributed by atoms with Crippen molar-refractivity contribution in [2.75, 3.05) is 0 Å². The quantitative estimate of drug-likeness (QED) is 0.262. The predicted octanol–water partition coefficient (Wildman–Crippen LogP) is 6.47. The van der Waals surface area contributed by atoms with E-state index in [9.17, 15) is 0 Å². The minimum absolute atomic E-state index is 0. The summed E-state index contributed by atoms with van der Waals surface area (Å²) >= 11 is 1.46. The van der Waals surface area contributed by atoms with Crippen LogP contribution in [0.4, 0.5) is 0 Å². The second kappa shape index (κ2) is 15.9. The summed E-state index contributed by atoms with van der Waals surface area (Å²) in [5.74, 6) is 2.24. The molecule has 1 saturated carbocycles. The Morgan fingerprint density at radius 2 is 1.35 bits per heavy atom. The van der Waals surface area contributed by atoms with Gasteiger partial charge in [0.1, 0.15) is 0 Å². The van der Waals surface area contributed by atoms with Gasteiger partial charge in [-0.25, -0.2) is 17.6 Å². The van der Waals surface area contributed by atoms with Gasteiger partial charge in [-0.2, -0.15) is 17.2 Å². The van der Waals surface area contributed by atoms with Crippen molar-refractivity contribution in [1.82, 2.24) is 0 Å². The summed E-state index contributed by atoms with van der Waals surface area (Å²) in [5.41, 5.74) is 14.3. The molecule has 0 bridgehead atoms. The van der Waals surface area contributed by atoms with Crippen LogP contribution in [-0.4, -0.2) is 3.21 Å². The molecule has 3 aromatic rings. The van der Waals surface area contributed by atoms with E-state index in [4.69, 9.17) is 0 Å². The molecular formula is C48H54Cl2Zr-2. The molecule has 2 unspecified atom stereocenters. The van der Waals surface area contributed by atoms with Gasteiger partial charge in [-0.15, -0.1) is 20.3 Å². The monoisotopic (exact) mass is 790 g/mol. The number of halogens is 2. The van der Waals surface area contributed by atoms with E-state index in [2.05, 4.69) is 172 Å². The van der Waals surface area contributed by atoms with Crippen LogP contribution in [0.5, 0.6) is 0 Å². The van der Waals surface area contributed by atoms with Gasteiger partial charge in [-0.1, -0.05) is 113 Å². The Bertz CT molecular complexity index is 1840. The molecule has 0 aromatic heterocycles. The second-order valence-corrected chi connectivity index (χ2v) is 17.6. The number of rotatable bonds is 2. The Balaban J connectivity index is 0.000000220. The van der Waals surface area contributed by atoms with Gasteiger partial charge in [0, 0.05) is 0 Å². The van der Waals surface area contributed by atoms with E-state index < -0.39 is 0 Å². The van der Waals surface area contributed by atoms with Gasteiger partial charge in [-0.3, -0.25) is 6.08 Å². The average molecular weight is 793 g/mol. The van der Waals surface area contributed by atoms with Crippen molar-refractivity contribution in [3.63, 3.8) is 0 Å². The van der Waals surface area contributed by atoms with E-state index in [0.29, 0.717) is 5.92 Å². The predicted molar refractivity (Wildman–Crippen MR) is 207 cm³/mol. The van der Waals surface area contributed by atoms with Gasteiger partial charge in [0.2, 0.25) is 0 Å². The topological polar surface area (TPSA) is 0 Å². The van der Waals surface area contributed by atoms with Crippen molar-refractivity contribution < 1.29 is 49.0 Å². The Labute approximate surface area is 336 Å². The fraction of sp³-hybridized carbons (Fsp3) is 0.375. The first kappa shape index (κ1) is 41.3. The summed E-state index contributed by atoms with van der Waals surface area (Å²) in [5, 5.41) is 0. The number of fused-ring (bicyclic) bond motifs is 6. The Kier molecular flexibility index (Phi) is 12.9. The molecule has 0 heterocycles. The van der Waals surface area contributed by atoms with E-state index in [1.165, 1.54) is 68.1 Å². The van der Waals surface area contributed by atoms with Crippen molar-refractivity contribution >= 4 is 8.78 Å². The molecule has 0 radical (unpaired) electrons. The van der Waals surface area contributed by atoms with Crippen molar-refractivity contribution in [3.05, 3.63) is 166 Å². The summed E-state index contributed by atoms with van der Waals surface area (Å²) in [6.07, 6.45) is 16.7. The first-order valence-corrected chi connectivity index (χ1v) is 19.5. The second-order valence-electron chi connectivity index (χ2n) is 16.4. The van der Waals surface area contributed by atoms with Crippen LogP contribution in [0.2, 0.25) is 0 Å². The van der Waals surface area contributed by atoms with Crippen LogP contribution in [0.15, 0.2) is 132 Å². The molecule has 0 N–H and O–H groups in total. The molecule has 3 heteroatoms. The Morgan fingerprint density at radius 1 is 0.784 bits per heavy atom. The summed E-state index contributed by atoms with van der Waals surface area (Å²) < 4.78 is 1.42. The van der Waals surface area contributed by atoms with Gasteiger partial charge in [0.15, 0.2) is 0 Å². The van der Waals surface area contributed by atoms with Crippen molar-refractivity contribution in [1.29, 1.82) is 0 Å². The van der Waals surface area contributed by atoms with E-state index in [1.807, 2.05) is 6.08 Å². The van der Waals surface area contributed by atoms with E-state index in [0.717, 1.165) is 12.8 Å². The van der Waals surface area contributed by atoms with Crippen LogP contribution in [-0.2, 0) is 30.7 Å².